The zero-order valence-corrected chi connectivity index (χ0v) is 18.7. The molecule has 0 unspecified atom stereocenters. The first-order valence-corrected chi connectivity index (χ1v) is 11.5. The smallest absolute Gasteiger partial charge is 0.243 e. The largest absolute Gasteiger partial charge is 0.356 e. The Morgan fingerprint density at radius 3 is 1.90 bits per heavy atom. The predicted molar refractivity (Wildman–Crippen MR) is 125 cm³/mol. The maximum Gasteiger partial charge on any atom is 0.243 e. The van der Waals surface area contributed by atoms with Gasteiger partial charge in [-0.2, -0.15) is 4.31 Å². The third kappa shape index (κ3) is 5.51. The van der Waals surface area contributed by atoms with Crippen LogP contribution in [0.15, 0.2) is 89.8 Å². The molecule has 3 rings (SSSR count). The van der Waals surface area contributed by atoms with Gasteiger partial charge in [-0.05, 0) is 62.4 Å². The summed E-state index contributed by atoms with van der Waals surface area (Å²) in [6, 6.07) is 25.3. The molecule has 3 aromatic carbocycles. The molecular weight excluding hydrogens is 410 g/mol. The van der Waals surface area contributed by atoms with E-state index in [1.165, 1.54) is 19.2 Å². The van der Waals surface area contributed by atoms with Crippen LogP contribution in [-0.2, 0) is 14.8 Å². The van der Waals surface area contributed by atoms with Gasteiger partial charge >= 0.3 is 0 Å². The Bertz CT molecular complexity index is 1100. The van der Waals surface area contributed by atoms with Crippen LogP contribution in [0.5, 0.6) is 0 Å². The lowest BCUT2D eigenvalue weighted by molar-refractivity contribution is -0.119. The van der Waals surface area contributed by atoms with Gasteiger partial charge in [-0.3, -0.25) is 4.79 Å². The number of nitrogens with zero attached hydrogens (tertiary/aromatic N) is 2. The minimum Gasteiger partial charge on any atom is -0.356 e. The highest BCUT2D eigenvalue weighted by Crippen LogP contribution is 2.23. The zero-order chi connectivity index (χ0) is 22.4. The molecule has 0 aliphatic heterocycles. The number of sulfonamides is 1. The number of para-hydroxylation sites is 1. The molecule has 0 saturated carbocycles. The van der Waals surface area contributed by atoms with Crippen molar-refractivity contribution in [1.82, 2.24) is 4.31 Å². The standard InChI is InChI=1S/C24H27N3O3S/c1-19(2)27(22-16-14-21(15-17-22)25-20-10-6-4-7-11-20)24(28)18-26(3)31(29,30)23-12-8-5-9-13-23/h4-17,19,25H,18H2,1-3H3. The molecule has 0 radical (unpaired) electrons. The van der Waals surface area contributed by atoms with E-state index < -0.39 is 10.0 Å². The SMILES string of the molecule is CC(C)N(C(=O)CN(C)S(=O)(=O)c1ccccc1)c1ccc(Nc2ccccc2)cc1. The first-order chi connectivity index (χ1) is 14.8. The summed E-state index contributed by atoms with van der Waals surface area (Å²) in [6.07, 6.45) is 0. The van der Waals surface area contributed by atoms with E-state index >= 15 is 0 Å². The van der Waals surface area contributed by atoms with Gasteiger partial charge < -0.3 is 10.2 Å². The van der Waals surface area contributed by atoms with Crippen molar-refractivity contribution in [2.24, 2.45) is 0 Å². The molecule has 1 amide bonds. The number of nitrogens with one attached hydrogen (secondary N) is 1. The summed E-state index contributed by atoms with van der Waals surface area (Å²) in [5.41, 5.74) is 2.58. The summed E-state index contributed by atoms with van der Waals surface area (Å²) in [6.45, 7) is 3.55. The summed E-state index contributed by atoms with van der Waals surface area (Å²) >= 11 is 0. The Morgan fingerprint density at radius 1 is 0.839 bits per heavy atom. The first kappa shape index (κ1) is 22.5. The average molecular weight is 438 g/mol. The second-order valence-corrected chi connectivity index (χ2v) is 9.51. The van der Waals surface area contributed by atoms with Crippen molar-refractivity contribution < 1.29 is 13.2 Å². The van der Waals surface area contributed by atoms with Crippen LogP contribution in [0, 0.1) is 0 Å². The highest BCUT2D eigenvalue weighted by Gasteiger charge is 2.27. The summed E-state index contributed by atoms with van der Waals surface area (Å²) < 4.78 is 26.6. The van der Waals surface area contributed by atoms with Gasteiger partial charge in [-0.15, -0.1) is 0 Å². The lowest BCUT2D eigenvalue weighted by Crippen LogP contribution is -2.44. The highest BCUT2D eigenvalue weighted by molar-refractivity contribution is 7.89. The van der Waals surface area contributed by atoms with Crippen LogP contribution in [0.25, 0.3) is 0 Å². The van der Waals surface area contributed by atoms with Gasteiger partial charge in [0.05, 0.1) is 11.4 Å². The average Bonchev–Trinajstić information content (AvgIpc) is 2.76. The maximum absolute atomic E-state index is 13.1. The van der Waals surface area contributed by atoms with Gasteiger partial charge in [-0.1, -0.05) is 36.4 Å². The van der Waals surface area contributed by atoms with E-state index in [9.17, 15) is 13.2 Å². The highest BCUT2D eigenvalue weighted by atomic mass is 32.2. The van der Waals surface area contributed by atoms with Crippen LogP contribution >= 0.6 is 0 Å². The second kappa shape index (κ2) is 9.76. The van der Waals surface area contributed by atoms with E-state index in [0.29, 0.717) is 5.69 Å². The summed E-state index contributed by atoms with van der Waals surface area (Å²) in [5, 5.41) is 3.31. The normalized spacial score (nSPS) is 11.5. The fourth-order valence-electron chi connectivity index (χ4n) is 3.25. The summed E-state index contributed by atoms with van der Waals surface area (Å²) in [4.78, 5) is 14.8. The molecule has 31 heavy (non-hydrogen) atoms. The molecule has 0 aliphatic rings. The Kier molecular flexibility index (Phi) is 7.09. The number of amides is 1. The minimum atomic E-state index is -3.74. The van der Waals surface area contributed by atoms with Crippen molar-refractivity contribution in [3.05, 3.63) is 84.9 Å². The quantitative estimate of drug-likeness (QED) is 0.564. The molecule has 0 bridgehead atoms. The Hall–Kier alpha value is -3.16. The number of rotatable bonds is 8. The first-order valence-electron chi connectivity index (χ1n) is 10.0. The van der Waals surface area contributed by atoms with Gasteiger partial charge in [0, 0.05) is 30.2 Å². The number of hydrogen-bond donors (Lipinski definition) is 1. The zero-order valence-electron chi connectivity index (χ0n) is 17.9. The van der Waals surface area contributed by atoms with Gasteiger partial charge in [0.1, 0.15) is 0 Å². The Labute approximate surface area is 184 Å². The number of carbonyl (C=O) groups excluding carboxylic acids is 1. The van der Waals surface area contributed by atoms with Gasteiger partial charge in [-0.25, -0.2) is 8.42 Å². The molecule has 6 nitrogen and oxygen atoms in total. The number of carbonyl (C=O) groups is 1. The number of benzene rings is 3. The van der Waals surface area contributed by atoms with E-state index in [2.05, 4.69) is 5.32 Å². The van der Waals surface area contributed by atoms with E-state index in [1.807, 2.05) is 68.4 Å². The van der Waals surface area contributed by atoms with Crippen molar-refractivity contribution in [2.75, 3.05) is 23.8 Å². The van der Waals surface area contributed by atoms with E-state index in [4.69, 9.17) is 0 Å². The summed E-state index contributed by atoms with van der Waals surface area (Å²) in [5.74, 6) is -0.291. The molecule has 1 N–H and O–H groups in total. The predicted octanol–water partition coefficient (Wildman–Crippen LogP) is 4.49. The molecule has 7 heteroatoms. The monoisotopic (exact) mass is 437 g/mol. The van der Waals surface area contributed by atoms with Crippen LogP contribution in [0.3, 0.4) is 0 Å². The van der Waals surface area contributed by atoms with E-state index in [1.54, 1.807) is 23.1 Å². The van der Waals surface area contributed by atoms with Crippen LogP contribution < -0.4 is 10.2 Å². The molecule has 0 saturated heterocycles. The van der Waals surface area contributed by atoms with Crippen LogP contribution in [0.2, 0.25) is 0 Å². The third-order valence-corrected chi connectivity index (χ3v) is 6.62. The van der Waals surface area contributed by atoms with Crippen molar-refractivity contribution in [3.8, 4) is 0 Å². The van der Waals surface area contributed by atoms with Crippen LogP contribution in [0.1, 0.15) is 13.8 Å². The molecule has 0 spiro atoms. The van der Waals surface area contributed by atoms with Crippen molar-refractivity contribution in [2.45, 2.75) is 24.8 Å². The van der Waals surface area contributed by atoms with Gasteiger partial charge in [0.25, 0.3) is 0 Å². The number of hydrogen-bond acceptors (Lipinski definition) is 4. The third-order valence-electron chi connectivity index (χ3n) is 4.80. The van der Waals surface area contributed by atoms with E-state index in [-0.39, 0.29) is 23.4 Å². The molecule has 3 aromatic rings. The van der Waals surface area contributed by atoms with Crippen LogP contribution in [-0.4, -0.2) is 38.3 Å². The lowest BCUT2D eigenvalue weighted by Gasteiger charge is -2.29. The minimum absolute atomic E-state index is 0.131. The molecule has 0 atom stereocenters. The fraction of sp³-hybridized carbons (Fsp3) is 0.208. The summed E-state index contributed by atoms with van der Waals surface area (Å²) in [7, 11) is -2.32. The van der Waals surface area contributed by atoms with Crippen molar-refractivity contribution in [3.63, 3.8) is 0 Å². The van der Waals surface area contributed by atoms with Gasteiger partial charge in [0.15, 0.2) is 0 Å². The van der Waals surface area contributed by atoms with E-state index in [0.717, 1.165) is 15.7 Å². The number of likely N-dealkylation sites (N-methyl/N-ethyl adjacent to an activating group) is 1. The molecule has 0 fully saturated rings. The second-order valence-electron chi connectivity index (χ2n) is 7.47. The Balaban J connectivity index is 1.74. The fourth-order valence-corrected chi connectivity index (χ4v) is 4.39. The molecular formula is C24H27N3O3S. The van der Waals surface area contributed by atoms with Crippen molar-refractivity contribution in [1.29, 1.82) is 0 Å². The molecule has 162 valence electrons. The maximum atomic E-state index is 13.1. The van der Waals surface area contributed by atoms with Crippen molar-refractivity contribution >= 4 is 33.0 Å². The molecule has 0 aromatic heterocycles. The molecule has 0 aliphatic carbocycles. The topological polar surface area (TPSA) is 69.7 Å². The van der Waals surface area contributed by atoms with Gasteiger partial charge in [0.2, 0.25) is 15.9 Å². The molecule has 0 heterocycles. The Morgan fingerprint density at radius 2 is 1.35 bits per heavy atom. The number of anilines is 3. The van der Waals surface area contributed by atoms with Crippen LogP contribution in [0.4, 0.5) is 17.1 Å². The lowest BCUT2D eigenvalue weighted by atomic mass is 10.2.